The molecule has 0 aromatic heterocycles. The van der Waals surface area contributed by atoms with Crippen molar-refractivity contribution < 1.29 is 14.3 Å². The first-order valence-corrected chi connectivity index (χ1v) is 10.2. The highest BCUT2D eigenvalue weighted by atomic mass is 16.5. The number of rotatable bonds is 7. The van der Waals surface area contributed by atoms with Gasteiger partial charge in [0.25, 0.3) is 5.91 Å². The number of anilines is 1. The number of nitrogens with one attached hydrogen (secondary N) is 1. The Morgan fingerprint density at radius 2 is 1.63 bits per heavy atom. The summed E-state index contributed by atoms with van der Waals surface area (Å²) < 4.78 is 11.2. The largest absolute Gasteiger partial charge is 0.489 e. The maximum atomic E-state index is 12.7. The van der Waals surface area contributed by atoms with Crippen LogP contribution in [0.4, 0.5) is 5.69 Å². The summed E-state index contributed by atoms with van der Waals surface area (Å²) in [6.45, 7) is 4.74. The average molecular weight is 402 g/mol. The van der Waals surface area contributed by atoms with Gasteiger partial charge in [0.1, 0.15) is 12.4 Å². The minimum atomic E-state index is -0.114. The number of hydrogen-bond donors (Lipinski definition) is 1. The van der Waals surface area contributed by atoms with Gasteiger partial charge in [-0.2, -0.15) is 0 Å². The third-order valence-corrected chi connectivity index (χ3v) is 5.06. The van der Waals surface area contributed by atoms with E-state index >= 15 is 0 Å². The Morgan fingerprint density at radius 3 is 2.40 bits per heavy atom. The Hall–Kier alpha value is -3.15. The minimum Gasteiger partial charge on any atom is -0.489 e. The Balaban J connectivity index is 1.32. The molecule has 4 rings (SSSR count). The van der Waals surface area contributed by atoms with E-state index in [0.717, 1.165) is 55.4 Å². The molecule has 1 aliphatic heterocycles. The van der Waals surface area contributed by atoms with Gasteiger partial charge in [0.15, 0.2) is 0 Å². The summed E-state index contributed by atoms with van der Waals surface area (Å²) in [4.78, 5) is 15.0. The number of amides is 1. The number of morpholine rings is 1. The third kappa shape index (κ3) is 5.69. The first kappa shape index (κ1) is 20.1. The molecule has 0 atom stereocenters. The summed E-state index contributed by atoms with van der Waals surface area (Å²) in [6.07, 6.45) is 0. The lowest BCUT2D eigenvalue weighted by Gasteiger charge is -2.26. The molecule has 5 heteroatoms. The second kappa shape index (κ2) is 10.1. The molecule has 0 radical (unpaired) electrons. The number of ether oxygens (including phenoxy) is 2. The van der Waals surface area contributed by atoms with Crippen LogP contribution >= 0.6 is 0 Å². The molecule has 1 saturated heterocycles. The van der Waals surface area contributed by atoms with Gasteiger partial charge >= 0.3 is 0 Å². The Kier molecular flexibility index (Phi) is 6.75. The van der Waals surface area contributed by atoms with Crippen LogP contribution < -0.4 is 10.1 Å². The predicted octanol–water partition coefficient (Wildman–Crippen LogP) is 4.35. The van der Waals surface area contributed by atoms with E-state index < -0.39 is 0 Å². The molecule has 0 unspecified atom stereocenters. The van der Waals surface area contributed by atoms with Crippen molar-refractivity contribution in [2.45, 2.75) is 13.2 Å². The topological polar surface area (TPSA) is 50.8 Å². The Bertz CT molecular complexity index is 952. The van der Waals surface area contributed by atoms with E-state index in [9.17, 15) is 4.79 Å². The van der Waals surface area contributed by atoms with Crippen LogP contribution in [0, 0.1) is 0 Å². The van der Waals surface area contributed by atoms with Gasteiger partial charge < -0.3 is 14.8 Å². The molecular weight excluding hydrogens is 376 g/mol. The van der Waals surface area contributed by atoms with Gasteiger partial charge in [-0.1, -0.05) is 42.5 Å². The molecule has 1 heterocycles. The van der Waals surface area contributed by atoms with E-state index in [1.54, 1.807) is 0 Å². The molecule has 1 amide bonds. The molecule has 3 aromatic carbocycles. The molecule has 1 aliphatic rings. The third-order valence-electron chi connectivity index (χ3n) is 5.06. The SMILES string of the molecule is O=C(Nc1ccc(OCc2ccccc2)cc1)c1cccc(CN2CCOCC2)c1. The Morgan fingerprint density at radius 1 is 0.900 bits per heavy atom. The maximum Gasteiger partial charge on any atom is 0.255 e. The number of carbonyl (C=O) groups excluding carboxylic acids is 1. The fourth-order valence-corrected chi connectivity index (χ4v) is 3.41. The second-order valence-corrected chi connectivity index (χ2v) is 7.34. The van der Waals surface area contributed by atoms with Crippen LogP contribution in [-0.2, 0) is 17.9 Å². The van der Waals surface area contributed by atoms with Crippen molar-refractivity contribution in [3.8, 4) is 5.75 Å². The van der Waals surface area contributed by atoms with Crippen LogP contribution in [0.25, 0.3) is 0 Å². The van der Waals surface area contributed by atoms with Gasteiger partial charge in [-0.15, -0.1) is 0 Å². The van der Waals surface area contributed by atoms with Gasteiger partial charge in [-0.05, 0) is 47.5 Å². The van der Waals surface area contributed by atoms with Gasteiger partial charge in [0.05, 0.1) is 13.2 Å². The molecule has 0 aliphatic carbocycles. The van der Waals surface area contributed by atoms with Crippen LogP contribution in [-0.4, -0.2) is 37.1 Å². The van der Waals surface area contributed by atoms with Crippen LogP contribution in [0.15, 0.2) is 78.9 Å². The Labute approximate surface area is 177 Å². The molecule has 3 aromatic rings. The fraction of sp³-hybridized carbons (Fsp3) is 0.240. The van der Waals surface area contributed by atoms with Crippen molar-refractivity contribution in [3.05, 3.63) is 95.6 Å². The molecule has 0 spiro atoms. The molecule has 0 saturated carbocycles. The number of nitrogens with zero attached hydrogens (tertiary/aromatic N) is 1. The van der Waals surface area contributed by atoms with E-state index in [2.05, 4.69) is 16.3 Å². The van der Waals surface area contributed by atoms with Crippen molar-refractivity contribution in [1.82, 2.24) is 4.90 Å². The summed E-state index contributed by atoms with van der Waals surface area (Å²) in [5.74, 6) is 0.654. The summed E-state index contributed by atoms with van der Waals surface area (Å²) in [6, 6.07) is 25.3. The zero-order valence-electron chi connectivity index (χ0n) is 16.9. The quantitative estimate of drug-likeness (QED) is 0.638. The van der Waals surface area contributed by atoms with E-state index in [0.29, 0.717) is 12.2 Å². The van der Waals surface area contributed by atoms with E-state index in [1.165, 1.54) is 0 Å². The van der Waals surface area contributed by atoms with Gasteiger partial charge in [-0.3, -0.25) is 9.69 Å². The van der Waals surface area contributed by atoms with Gasteiger partial charge in [-0.25, -0.2) is 0 Å². The highest BCUT2D eigenvalue weighted by Gasteiger charge is 2.12. The van der Waals surface area contributed by atoms with E-state index in [1.807, 2.05) is 72.8 Å². The van der Waals surface area contributed by atoms with Gasteiger partial charge in [0, 0.05) is 30.9 Å². The summed E-state index contributed by atoms with van der Waals surface area (Å²) in [7, 11) is 0. The first-order valence-electron chi connectivity index (χ1n) is 10.2. The number of hydrogen-bond acceptors (Lipinski definition) is 4. The molecular formula is C25H26N2O3. The minimum absolute atomic E-state index is 0.114. The molecule has 0 bridgehead atoms. The number of benzene rings is 3. The molecule has 30 heavy (non-hydrogen) atoms. The van der Waals surface area contributed by atoms with Crippen LogP contribution in [0.5, 0.6) is 5.75 Å². The van der Waals surface area contributed by atoms with Crippen molar-refractivity contribution in [2.75, 3.05) is 31.6 Å². The lowest BCUT2D eigenvalue weighted by atomic mass is 10.1. The molecule has 1 N–H and O–H groups in total. The smallest absolute Gasteiger partial charge is 0.255 e. The second-order valence-electron chi connectivity index (χ2n) is 7.34. The van der Waals surface area contributed by atoms with Gasteiger partial charge in [0.2, 0.25) is 0 Å². The maximum absolute atomic E-state index is 12.7. The van der Waals surface area contributed by atoms with Crippen molar-refractivity contribution >= 4 is 11.6 Å². The molecule has 5 nitrogen and oxygen atoms in total. The average Bonchev–Trinajstić information content (AvgIpc) is 2.80. The first-order chi connectivity index (χ1) is 14.8. The zero-order chi connectivity index (χ0) is 20.6. The van der Waals surface area contributed by atoms with Crippen LogP contribution in [0.2, 0.25) is 0 Å². The number of carbonyl (C=O) groups is 1. The highest BCUT2D eigenvalue weighted by molar-refractivity contribution is 6.04. The van der Waals surface area contributed by atoms with E-state index in [-0.39, 0.29) is 5.91 Å². The highest BCUT2D eigenvalue weighted by Crippen LogP contribution is 2.18. The molecule has 154 valence electrons. The van der Waals surface area contributed by atoms with Crippen LogP contribution in [0.1, 0.15) is 21.5 Å². The summed E-state index contributed by atoms with van der Waals surface area (Å²) >= 11 is 0. The summed E-state index contributed by atoms with van der Waals surface area (Å²) in [5, 5.41) is 2.96. The van der Waals surface area contributed by atoms with Crippen molar-refractivity contribution in [3.63, 3.8) is 0 Å². The lowest BCUT2D eigenvalue weighted by molar-refractivity contribution is 0.0342. The molecule has 1 fully saturated rings. The van der Waals surface area contributed by atoms with E-state index in [4.69, 9.17) is 9.47 Å². The monoisotopic (exact) mass is 402 g/mol. The van der Waals surface area contributed by atoms with Crippen molar-refractivity contribution in [1.29, 1.82) is 0 Å². The zero-order valence-corrected chi connectivity index (χ0v) is 16.9. The van der Waals surface area contributed by atoms with Crippen LogP contribution in [0.3, 0.4) is 0 Å². The lowest BCUT2D eigenvalue weighted by Crippen LogP contribution is -2.35. The fourth-order valence-electron chi connectivity index (χ4n) is 3.41. The normalized spacial score (nSPS) is 14.3. The summed E-state index contributed by atoms with van der Waals surface area (Å²) in [5.41, 5.74) is 3.65. The standard InChI is InChI=1S/C25H26N2O3/c28-25(22-8-4-7-21(17-22)18-27-13-15-29-16-14-27)26-23-9-11-24(12-10-23)30-19-20-5-2-1-3-6-20/h1-12,17H,13-16,18-19H2,(H,26,28). The predicted molar refractivity (Wildman–Crippen MR) is 118 cm³/mol. The van der Waals surface area contributed by atoms with Crippen molar-refractivity contribution in [2.24, 2.45) is 0 Å².